The van der Waals surface area contributed by atoms with Crippen molar-refractivity contribution in [2.24, 2.45) is 5.10 Å². The average molecular weight is 484 g/mol. The third kappa shape index (κ3) is 3.77. The van der Waals surface area contributed by atoms with Gasteiger partial charge in [-0.1, -0.05) is 46.3 Å². The van der Waals surface area contributed by atoms with Crippen molar-refractivity contribution in [2.75, 3.05) is 5.01 Å². The summed E-state index contributed by atoms with van der Waals surface area (Å²) in [7, 11) is 0. The fraction of sp³-hybridized carbons (Fsp3) is 0.0909. The molecule has 3 nitrogen and oxygen atoms in total. The van der Waals surface area contributed by atoms with Crippen molar-refractivity contribution in [3.63, 3.8) is 0 Å². The third-order valence-electron chi connectivity index (χ3n) is 4.80. The lowest BCUT2D eigenvalue weighted by Gasteiger charge is -2.21. The molecule has 0 fully saturated rings. The Hall–Kier alpha value is -2.35. The van der Waals surface area contributed by atoms with Crippen LogP contribution in [0.25, 0.3) is 11.3 Å². The molecule has 0 amide bonds. The molecule has 0 bridgehead atoms. The van der Waals surface area contributed by atoms with Gasteiger partial charge in [0.2, 0.25) is 5.13 Å². The Kier molecular flexibility index (Phi) is 5.03. The molecule has 0 saturated heterocycles. The van der Waals surface area contributed by atoms with Crippen molar-refractivity contribution < 1.29 is 4.39 Å². The van der Waals surface area contributed by atoms with E-state index in [0.29, 0.717) is 0 Å². The van der Waals surface area contributed by atoms with Gasteiger partial charge >= 0.3 is 0 Å². The molecule has 4 aromatic rings. The van der Waals surface area contributed by atoms with Gasteiger partial charge in [0.1, 0.15) is 5.82 Å². The molecule has 7 heteroatoms. The van der Waals surface area contributed by atoms with Gasteiger partial charge in [0, 0.05) is 21.8 Å². The molecule has 3 heterocycles. The van der Waals surface area contributed by atoms with E-state index in [9.17, 15) is 4.39 Å². The number of hydrazone groups is 1. The first-order valence-corrected chi connectivity index (χ1v) is 11.6. The van der Waals surface area contributed by atoms with E-state index in [2.05, 4.69) is 32.8 Å². The van der Waals surface area contributed by atoms with Gasteiger partial charge in [0.25, 0.3) is 0 Å². The summed E-state index contributed by atoms with van der Waals surface area (Å²) in [5, 5.41) is 11.8. The number of anilines is 1. The SMILES string of the molecule is Fc1ccc([C@H]2CC(c3cccs3)=NN2c2nc(-c3ccc(Br)cc3)cs2)cc1. The predicted octanol–water partition coefficient (Wildman–Crippen LogP) is 7.13. The molecule has 0 spiro atoms. The van der Waals surface area contributed by atoms with Gasteiger partial charge in [-0.2, -0.15) is 5.10 Å². The van der Waals surface area contributed by atoms with Crippen LogP contribution in [0, 0.1) is 5.82 Å². The lowest BCUT2D eigenvalue weighted by molar-refractivity contribution is 0.624. The monoisotopic (exact) mass is 483 g/mol. The number of thiophene rings is 1. The van der Waals surface area contributed by atoms with Crippen molar-refractivity contribution >= 4 is 49.4 Å². The van der Waals surface area contributed by atoms with Crippen LogP contribution in [0.4, 0.5) is 9.52 Å². The Balaban J connectivity index is 1.52. The van der Waals surface area contributed by atoms with E-state index in [1.54, 1.807) is 22.7 Å². The number of rotatable bonds is 4. The quantitative estimate of drug-likeness (QED) is 0.308. The fourth-order valence-electron chi connectivity index (χ4n) is 3.35. The molecule has 29 heavy (non-hydrogen) atoms. The summed E-state index contributed by atoms with van der Waals surface area (Å²) >= 11 is 6.73. The first-order chi connectivity index (χ1) is 14.2. The number of thiazole rings is 1. The van der Waals surface area contributed by atoms with Gasteiger partial charge in [-0.15, -0.1) is 22.7 Å². The second-order valence-electron chi connectivity index (χ2n) is 6.66. The maximum Gasteiger partial charge on any atom is 0.207 e. The summed E-state index contributed by atoms with van der Waals surface area (Å²) in [6.45, 7) is 0. The second kappa shape index (κ2) is 7.82. The summed E-state index contributed by atoms with van der Waals surface area (Å²) in [6.07, 6.45) is 0.763. The minimum absolute atomic E-state index is 0.00313. The Morgan fingerprint density at radius 2 is 1.79 bits per heavy atom. The van der Waals surface area contributed by atoms with Gasteiger partial charge in [0.05, 0.1) is 22.3 Å². The van der Waals surface area contributed by atoms with Gasteiger partial charge < -0.3 is 0 Å². The molecular weight excluding hydrogens is 469 g/mol. The standard InChI is InChI=1S/C22H15BrFN3S2/c23-16-7-3-14(4-8-16)19-13-29-22(25-19)27-20(15-5-9-17(24)10-6-15)12-18(26-27)21-2-1-11-28-21/h1-11,13,20H,12H2/t20-/m1/s1. The van der Waals surface area contributed by atoms with Crippen molar-refractivity contribution in [1.29, 1.82) is 0 Å². The molecule has 2 aromatic heterocycles. The maximum absolute atomic E-state index is 13.5. The molecule has 0 unspecified atom stereocenters. The molecule has 1 aliphatic rings. The first kappa shape index (κ1) is 18.7. The summed E-state index contributed by atoms with van der Waals surface area (Å²) in [6, 6.07) is 18.9. The number of nitrogens with zero attached hydrogens (tertiary/aromatic N) is 3. The lowest BCUT2D eigenvalue weighted by Crippen LogP contribution is -2.18. The van der Waals surface area contributed by atoms with Crippen LogP contribution in [0.1, 0.15) is 22.9 Å². The predicted molar refractivity (Wildman–Crippen MR) is 122 cm³/mol. The minimum Gasteiger partial charge on any atom is -0.231 e. The van der Waals surface area contributed by atoms with Crippen molar-refractivity contribution in [3.05, 3.63) is 92.2 Å². The van der Waals surface area contributed by atoms with E-state index in [1.165, 1.54) is 12.1 Å². The molecule has 0 saturated carbocycles. The molecule has 144 valence electrons. The number of halogens is 2. The largest absolute Gasteiger partial charge is 0.231 e. The van der Waals surface area contributed by atoms with E-state index in [4.69, 9.17) is 10.1 Å². The van der Waals surface area contributed by atoms with E-state index in [-0.39, 0.29) is 11.9 Å². The van der Waals surface area contributed by atoms with Crippen LogP contribution >= 0.6 is 38.6 Å². The number of hydrogen-bond acceptors (Lipinski definition) is 5. The Labute approximate surface area is 184 Å². The van der Waals surface area contributed by atoms with E-state index < -0.39 is 0 Å². The molecule has 5 rings (SSSR count). The zero-order valence-electron chi connectivity index (χ0n) is 15.1. The molecular formula is C22H15BrFN3S2. The molecule has 0 aliphatic carbocycles. The van der Waals surface area contributed by atoms with Crippen molar-refractivity contribution in [1.82, 2.24) is 4.98 Å². The lowest BCUT2D eigenvalue weighted by atomic mass is 10.0. The number of aromatic nitrogens is 1. The number of hydrogen-bond donors (Lipinski definition) is 0. The van der Waals surface area contributed by atoms with Gasteiger partial charge in [-0.05, 0) is 41.3 Å². The summed E-state index contributed by atoms with van der Waals surface area (Å²) in [5.41, 5.74) is 4.06. The van der Waals surface area contributed by atoms with E-state index in [0.717, 1.165) is 43.4 Å². The van der Waals surface area contributed by atoms with Crippen LogP contribution in [0.3, 0.4) is 0 Å². The highest BCUT2D eigenvalue weighted by molar-refractivity contribution is 9.10. The summed E-state index contributed by atoms with van der Waals surface area (Å²) in [4.78, 5) is 6.01. The van der Waals surface area contributed by atoms with Gasteiger partial charge in [0.15, 0.2) is 0 Å². The topological polar surface area (TPSA) is 28.5 Å². The highest BCUT2D eigenvalue weighted by Gasteiger charge is 2.32. The average Bonchev–Trinajstić information content (AvgIpc) is 3.48. The molecule has 0 N–H and O–H groups in total. The van der Waals surface area contributed by atoms with Crippen LogP contribution in [-0.2, 0) is 0 Å². The van der Waals surface area contributed by atoms with Crippen LogP contribution in [0.5, 0.6) is 0 Å². The Bertz CT molecular complexity index is 1150. The Morgan fingerprint density at radius 3 is 2.52 bits per heavy atom. The van der Waals surface area contributed by atoms with Crippen LogP contribution in [-0.4, -0.2) is 10.7 Å². The van der Waals surface area contributed by atoms with Crippen molar-refractivity contribution in [3.8, 4) is 11.3 Å². The Morgan fingerprint density at radius 1 is 1.00 bits per heavy atom. The zero-order valence-corrected chi connectivity index (χ0v) is 18.3. The van der Waals surface area contributed by atoms with Gasteiger partial charge in [-0.3, -0.25) is 0 Å². The second-order valence-corrected chi connectivity index (χ2v) is 9.36. The van der Waals surface area contributed by atoms with Crippen LogP contribution in [0.15, 0.2) is 81.0 Å². The molecule has 1 atom stereocenters. The third-order valence-corrected chi connectivity index (χ3v) is 7.08. The first-order valence-electron chi connectivity index (χ1n) is 9.05. The van der Waals surface area contributed by atoms with E-state index in [1.807, 2.05) is 47.5 Å². The number of benzene rings is 2. The summed E-state index contributed by atoms with van der Waals surface area (Å²) in [5.74, 6) is -0.232. The van der Waals surface area contributed by atoms with E-state index >= 15 is 0 Å². The smallest absolute Gasteiger partial charge is 0.207 e. The minimum atomic E-state index is -0.232. The van der Waals surface area contributed by atoms with Crippen molar-refractivity contribution in [2.45, 2.75) is 12.5 Å². The normalized spacial score (nSPS) is 16.3. The van der Waals surface area contributed by atoms with Gasteiger partial charge in [-0.25, -0.2) is 14.4 Å². The van der Waals surface area contributed by atoms with Crippen LogP contribution < -0.4 is 5.01 Å². The fourth-order valence-corrected chi connectivity index (χ4v) is 5.16. The maximum atomic E-state index is 13.5. The molecule has 2 aromatic carbocycles. The zero-order chi connectivity index (χ0) is 19.8. The molecule has 0 radical (unpaired) electrons. The molecule has 1 aliphatic heterocycles. The highest BCUT2D eigenvalue weighted by Crippen LogP contribution is 2.40. The van der Waals surface area contributed by atoms with Crippen LogP contribution in [0.2, 0.25) is 0 Å². The highest BCUT2D eigenvalue weighted by atomic mass is 79.9. The summed E-state index contributed by atoms with van der Waals surface area (Å²) < 4.78 is 14.5.